The van der Waals surface area contributed by atoms with Crippen LogP contribution in [0.4, 0.5) is 0 Å². The maximum Gasteiger partial charge on any atom is 0.233 e. The second-order valence-corrected chi connectivity index (χ2v) is 5.33. The number of aromatic nitrogens is 4. The predicted octanol–water partition coefficient (Wildman–Crippen LogP) is 1.29. The number of hydrogen-bond donors (Lipinski definition) is 0. The smallest absolute Gasteiger partial charge is 0.233 e. The molecule has 0 spiro atoms. The van der Waals surface area contributed by atoms with Crippen molar-refractivity contribution in [3.8, 4) is 0 Å². The molecule has 0 aliphatic rings. The first-order valence-electron chi connectivity index (χ1n) is 6.25. The van der Waals surface area contributed by atoms with Gasteiger partial charge >= 0.3 is 0 Å². The molecule has 0 aliphatic heterocycles. The molecule has 0 radical (unpaired) electrons. The third-order valence-electron chi connectivity index (χ3n) is 2.48. The van der Waals surface area contributed by atoms with E-state index < -0.39 is 0 Å². The fraction of sp³-hybridized carbons (Fsp3) is 0.818. The first-order valence-corrected chi connectivity index (χ1v) is 7.23. The lowest BCUT2D eigenvalue weighted by atomic mass is 10.2. The normalized spacial score (nSPS) is 10.9. The van der Waals surface area contributed by atoms with Crippen molar-refractivity contribution in [2.45, 2.75) is 39.4 Å². The maximum absolute atomic E-state index is 11.9. The molecule has 1 aromatic heterocycles. The topological polar surface area (TPSA) is 63.9 Å². The average molecular weight is 271 g/mol. The van der Waals surface area contributed by atoms with Crippen molar-refractivity contribution in [2.75, 3.05) is 18.8 Å². The minimum absolute atomic E-state index is 0.129. The van der Waals surface area contributed by atoms with Crippen LogP contribution in [-0.2, 0) is 11.3 Å². The SMILES string of the molecule is CCN(CC)C(=O)CSc1nnnn1CC(C)C. The summed E-state index contributed by atoms with van der Waals surface area (Å²) in [6, 6.07) is 0. The molecular weight excluding hydrogens is 250 g/mol. The highest BCUT2D eigenvalue weighted by Crippen LogP contribution is 2.15. The summed E-state index contributed by atoms with van der Waals surface area (Å²) in [5, 5.41) is 12.2. The zero-order valence-electron chi connectivity index (χ0n) is 11.5. The van der Waals surface area contributed by atoms with Crippen molar-refractivity contribution >= 4 is 17.7 Å². The van der Waals surface area contributed by atoms with Gasteiger partial charge in [-0.2, -0.15) is 0 Å². The zero-order chi connectivity index (χ0) is 13.5. The van der Waals surface area contributed by atoms with Crippen LogP contribution in [0.2, 0.25) is 0 Å². The molecule has 0 unspecified atom stereocenters. The molecule has 0 saturated heterocycles. The van der Waals surface area contributed by atoms with Crippen molar-refractivity contribution < 1.29 is 4.79 Å². The minimum atomic E-state index is 0.129. The minimum Gasteiger partial charge on any atom is -0.343 e. The third kappa shape index (κ3) is 4.29. The Morgan fingerprint density at radius 1 is 1.39 bits per heavy atom. The molecule has 0 aliphatic carbocycles. The van der Waals surface area contributed by atoms with Crippen LogP contribution < -0.4 is 0 Å². The molecule has 0 aromatic carbocycles. The van der Waals surface area contributed by atoms with Crippen LogP contribution in [0, 0.1) is 5.92 Å². The Morgan fingerprint density at radius 3 is 2.61 bits per heavy atom. The van der Waals surface area contributed by atoms with Crippen molar-refractivity contribution in [1.82, 2.24) is 25.1 Å². The number of rotatable bonds is 7. The maximum atomic E-state index is 11.9. The van der Waals surface area contributed by atoms with Gasteiger partial charge in [0.25, 0.3) is 0 Å². The first kappa shape index (κ1) is 14.9. The molecule has 0 saturated carbocycles. The summed E-state index contributed by atoms with van der Waals surface area (Å²) in [7, 11) is 0. The lowest BCUT2D eigenvalue weighted by Crippen LogP contribution is -2.32. The summed E-state index contributed by atoms with van der Waals surface area (Å²) in [6.45, 7) is 10.4. The Morgan fingerprint density at radius 2 is 2.06 bits per heavy atom. The van der Waals surface area contributed by atoms with Crippen molar-refractivity contribution in [3.63, 3.8) is 0 Å². The first-order chi connectivity index (χ1) is 8.58. The van der Waals surface area contributed by atoms with Gasteiger partial charge in [-0.1, -0.05) is 25.6 Å². The van der Waals surface area contributed by atoms with Crippen LogP contribution in [-0.4, -0.2) is 49.9 Å². The van der Waals surface area contributed by atoms with E-state index in [2.05, 4.69) is 29.4 Å². The van der Waals surface area contributed by atoms with E-state index in [4.69, 9.17) is 0 Å². The van der Waals surface area contributed by atoms with E-state index >= 15 is 0 Å². The van der Waals surface area contributed by atoms with Gasteiger partial charge in [-0.05, 0) is 30.2 Å². The molecule has 1 amide bonds. The van der Waals surface area contributed by atoms with Gasteiger partial charge in [0.05, 0.1) is 5.75 Å². The average Bonchev–Trinajstić information content (AvgIpc) is 2.74. The number of nitrogens with zero attached hydrogens (tertiary/aromatic N) is 5. The lowest BCUT2D eigenvalue weighted by Gasteiger charge is -2.17. The van der Waals surface area contributed by atoms with Crippen molar-refractivity contribution in [1.29, 1.82) is 0 Å². The molecule has 0 fully saturated rings. The Balaban J connectivity index is 2.53. The molecule has 7 heteroatoms. The van der Waals surface area contributed by atoms with Crippen LogP contribution in [0.5, 0.6) is 0 Å². The largest absolute Gasteiger partial charge is 0.343 e. The summed E-state index contributed by atoms with van der Waals surface area (Å²) in [5.41, 5.74) is 0. The summed E-state index contributed by atoms with van der Waals surface area (Å²) in [6.07, 6.45) is 0. The number of hydrogen-bond acceptors (Lipinski definition) is 5. The fourth-order valence-electron chi connectivity index (χ4n) is 1.55. The standard InChI is InChI=1S/C11H21N5OS/c1-5-15(6-2)10(17)8-18-11-12-13-14-16(11)7-9(3)4/h9H,5-8H2,1-4H3. The van der Waals surface area contributed by atoms with Gasteiger partial charge in [-0.3, -0.25) is 4.79 Å². The molecule has 1 heterocycles. The van der Waals surface area contributed by atoms with Crippen LogP contribution in [0.15, 0.2) is 5.16 Å². The monoisotopic (exact) mass is 271 g/mol. The Bertz CT molecular complexity index is 375. The molecule has 0 bridgehead atoms. The van der Waals surface area contributed by atoms with Crippen LogP contribution in [0.3, 0.4) is 0 Å². The van der Waals surface area contributed by atoms with E-state index in [0.717, 1.165) is 19.6 Å². The third-order valence-corrected chi connectivity index (χ3v) is 3.42. The highest BCUT2D eigenvalue weighted by Gasteiger charge is 2.13. The van der Waals surface area contributed by atoms with E-state index in [1.807, 2.05) is 18.7 Å². The number of carbonyl (C=O) groups is 1. The molecular formula is C11H21N5OS. The molecule has 6 nitrogen and oxygen atoms in total. The van der Waals surface area contributed by atoms with Gasteiger partial charge in [0.2, 0.25) is 11.1 Å². The molecule has 1 rings (SSSR count). The Kier molecular flexibility index (Phi) is 6.11. The second kappa shape index (κ2) is 7.35. The van der Waals surface area contributed by atoms with Crippen molar-refractivity contribution in [2.24, 2.45) is 5.92 Å². The number of tetrazole rings is 1. The molecule has 0 N–H and O–H groups in total. The van der Waals surface area contributed by atoms with E-state index in [-0.39, 0.29) is 5.91 Å². The van der Waals surface area contributed by atoms with Crippen LogP contribution >= 0.6 is 11.8 Å². The van der Waals surface area contributed by atoms with Gasteiger partial charge in [-0.25, -0.2) is 4.68 Å². The van der Waals surface area contributed by atoms with Gasteiger partial charge in [-0.15, -0.1) is 5.10 Å². The Labute approximate surface area is 112 Å². The number of thioether (sulfide) groups is 1. The fourth-order valence-corrected chi connectivity index (χ4v) is 2.34. The van der Waals surface area contributed by atoms with E-state index in [9.17, 15) is 4.79 Å². The summed E-state index contributed by atoms with van der Waals surface area (Å²) < 4.78 is 1.75. The second-order valence-electron chi connectivity index (χ2n) is 4.39. The highest BCUT2D eigenvalue weighted by molar-refractivity contribution is 7.99. The van der Waals surface area contributed by atoms with Gasteiger partial charge in [0.1, 0.15) is 0 Å². The molecule has 1 aromatic rings. The molecule has 18 heavy (non-hydrogen) atoms. The van der Waals surface area contributed by atoms with Gasteiger partial charge in [0.15, 0.2) is 0 Å². The number of carbonyl (C=O) groups excluding carboxylic acids is 1. The molecule has 0 atom stereocenters. The van der Waals surface area contributed by atoms with E-state index in [1.54, 1.807) is 4.68 Å². The van der Waals surface area contributed by atoms with Crippen LogP contribution in [0.25, 0.3) is 0 Å². The van der Waals surface area contributed by atoms with Gasteiger partial charge in [0, 0.05) is 19.6 Å². The quantitative estimate of drug-likeness (QED) is 0.699. The number of amides is 1. The summed E-state index contributed by atoms with van der Waals surface area (Å²) in [4.78, 5) is 13.7. The highest BCUT2D eigenvalue weighted by atomic mass is 32.2. The van der Waals surface area contributed by atoms with Crippen molar-refractivity contribution in [3.05, 3.63) is 0 Å². The zero-order valence-corrected chi connectivity index (χ0v) is 12.3. The summed E-state index contributed by atoms with van der Waals surface area (Å²) >= 11 is 1.40. The lowest BCUT2D eigenvalue weighted by molar-refractivity contribution is -0.127. The van der Waals surface area contributed by atoms with Gasteiger partial charge < -0.3 is 4.90 Å². The Hall–Kier alpha value is -1.11. The predicted molar refractivity (Wildman–Crippen MR) is 71.3 cm³/mol. The van der Waals surface area contributed by atoms with E-state index in [0.29, 0.717) is 16.8 Å². The molecule has 102 valence electrons. The van der Waals surface area contributed by atoms with Crippen LogP contribution in [0.1, 0.15) is 27.7 Å². The van der Waals surface area contributed by atoms with E-state index in [1.165, 1.54) is 11.8 Å². The summed E-state index contributed by atoms with van der Waals surface area (Å²) in [5.74, 6) is 0.996.